The Morgan fingerprint density at radius 1 is 1.44 bits per heavy atom. The van der Waals surface area contributed by atoms with Crippen molar-refractivity contribution in [3.05, 3.63) is 0 Å². The van der Waals surface area contributed by atoms with E-state index in [2.05, 4.69) is 25.8 Å². The third-order valence-corrected chi connectivity index (χ3v) is 4.71. The first-order valence-electron chi connectivity index (χ1n) is 6.48. The number of nitrogens with zero attached hydrogens (tertiary/aromatic N) is 1. The minimum Gasteiger partial charge on any atom is -0.383 e. The van der Waals surface area contributed by atoms with Crippen molar-refractivity contribution in [1.82, 2.24) is 4.90 Å². The monoisotopic (exact) mass is 228 g/mol. The van der Waals surface area contributed by atoms with Crippen LogP contribution in [0.2, 0.25) is 0 Å². The third kappa shape index (κ3) is 2.58. The van der Waals surface area contributed by atoms with E-state index in [9.17, 15) is 0 Å². The van der Waals surface area contributed by atoms with E-state index >= 15 is 0 Å². The highest BCUT2D eigenvalue weighted by Gasteiger charge is 2.43. The first-order chi connectivity index (χ1) is 7.58. The standard InChI is InChI=1S/C13H28N2O/c1-11-6-5-7-13(10-14,12(11)2)15(3)8-9-16-4/h11-12H,5-10,14H2,1-4H3. The molecule has 3 nitrogen and oxygen atoms in total. The minimum atomic E-state index is 0.191. The zero-order valence-corrected chi connectivity index (χ0v) is 11.3. The zero-order valence-electron chi connectivity index (χ0n) is 11.3. The Labute approximate surface area is 100 Å². The molecule has 0 aromatic heterocycles. The summed E-state index contributed by atoms with van der Waals surface area (Å²) in [7, 11) is 3.95. The molecule has 0 spiro atoms. The normalized spacial score (nSPS) is 35.6. The fourth-order valence-corrected chi connectivity index (χ4v) is 3.17. The lowest BCUT2D eigenvalue weighted by Crippen LogP contribution is -2.60. The molecule has 1 fully saturated rings. The Morgan fingerprint density at radius 3 is 2.69 bits per heavy atom. The molecular weight excluding hydrogens is 200 g/mol. The minimum absolute atomic E-state index is 0.191. The Bertz CT molecular complexity index is 210. The summed E-state index contributed by atoms with van der Waals surface area (Å²) < 4.78 is 5.17. The quantitative estimate of drug-likeness (QED) is 0.778. The van der Waals surface area contributed by atoms with Crippen molar-refractivity contribution < 1.29 is 4.74 Å². The molecule has 0 radical (unpaired) electrons. The topological polar surface area (TPSA) is 38.5 Å². The highest BCUT2D eigenvalue weighted by Crippen LogP contribution is 2.40. The van der Waals surface area contributed by atoms with Gasteiger partial charge in [-0.2, -0.15) is 0 Å². The van der Waals surface area contributed by atoms with E-state index in [0.717, 1.165) is 25.6 Å². The van der Waals surface area contributed by atoms with E-state index in [0.29, 0.717) is 5.92 Å². The molecule has 1 saturated carbocycles. The Morgan fingerprint density at radius 2 is 2.12 bits per heavy atom. The van der Waals surface area contributed by atoms with E-state index in [1.165, 1.54) is 19.3 Å². The number of likely N-dealkylation sites (N-methyl/N-ethyl adjacent to an activating group) is 1. The fraction of sp³-hybridized carbons (Fsp3) is 1.00. The molecule has 0 bridgehead atoms. The number of methoxy groups -OCH3 is 1. The second kappa shape index (κ2) is 5.99. The molecule has 1 aliphatic carbocycles. The van der Waals surface area contributed by atoms with E-state index in [-0.39, 0.29) is 5.54 Å². The summed E-state index contributed by atoms with van der Waals surface area (Å²) in [5, 5.41) is 0. The lowest BCUT2D eigenvalue weighted by atomic mass is 9.67. The lowest BCUT2D eigenvalue weighted by molar-refractivity contribution is -0.00571. The van der Waals surface area contributed by atoms with Crippen molar-refractivity contribution in [2.45, 2.75) is 38.6 Å². The van der Waals surface area contributed by atoms with Crippen molar-refractivity contribution in [1.29, 1.82) is 0 Å². The summed E-state index contributed by atoms with van der Waals surface area (Å²) >= 11 is 0. The van der Waals surface area contributed by atoms with Crippen LogP contribution in [0.1, 0.15) is 33.1 Å². The maximum Gasteiger partial charge on any atom is 0.0589 e. The summed E-state index contributed by atoms with van der Waals surface area (Å²) in [5.74, 6) is 1.45. The summed E-state index contributed by atoms with van der Waals surface area (Å²) in [6.45, 7) is 7.25. The van der Waals surface area contributed by atoms with Crippen LogP contribution < -0.4 is 5.73 Å². The molecule has 0 amide bonds. The molecule has 96 valence electrons. The Hall–Kier alpha value is -0.120. The summed E-state index contributed by atoms with van der Waals surface area (Å²) in [4.78, 5) is 2.43. The van der Waals surface area contributed by atoms with Gasteiger partial charge in [-0.25, -0.2) is 0 Å². The second-order valence-corrected chi connectivity index (χ2v) is 5.38. The van der Waals surface area contributed by atoms with Crippen molar-refractivity contribution in [2.75, 3.05) is 33.9 Å². The van der Waals surface area contributed by atoms with Gasteiger partial charge in [0.25, 0.3) is 0 Å². The molecule has 2 N–H and O–H groups in total. The maximum atomic E-state index is 6.08. The molecule has 0 aliphatic heterocycles. The predicted molar refractivity (Wildman–Crippen MR) is 68.5 cm³/mol. The van der Waals surface area contributed by atoms with Crippen LogP contribution in [-0.2, 0) is 4.74 Å². The van der Waals surface area contributed by atoms with Gasteiger partial charge in [0.05, 0.1) is 6.61 Å². The Kier molecular flexibility index (Phi) is 5.22. The van der Waals surface area contributed by atoms with Crippen molar-refractivity contribution in [2.24, 2.45) is 17.6 Å². The molecule has 3 atom stereocenters. The van der Waals surface area contributed by atoms with Gasteiger partial charge in [-0.05, 0) is 25.3 Å². The number of ether oxygens (including phenoxy) is 1. The van der Waals surface area contributed by atoms with Gasteiger partial charge in [-0.1, -0.05) is 26.7 Å². The largest absolute Gasteiger partial charge is 0.383 e. The highest BCUT2D eigenvalue weighted by molar-refractivity contribution is 4.99. The molecule has 3 unspecified atom stereocenters. The number of nitrogens with two attached hydrogens (primary N) is 1. The number of hydrogen-bond donors (Lipinski definition) is 1. The van der Waals surface area contributed by atoms with Crippen LogP contribution in [-0.4, -0.2) is 44.3 Å². The SMILES string of the molecule is COCCN(C)C1(CN)CCCC(C)C1C. The molecule has 16 heavy (non-hydrogen) atoms. The van der Waals surface area contributed by atoms with Gasteiger partial charge in [0.1, 0.15) is 0 Å². The maximum absolute atomic E-state index is 6.08. The summed E-state index contributed by atoms with van der Waals surface area (Å²) in [5.41, 5.74) is 6.27. The van der Waals surface area contributed by atoms with Gasteiger partial charge in [0, 0.05) is 25.7 Å². The first kappa shape index (κ1) is 13.9. The average molecular weight is 228 g/mol. The van der Waals surface area contributed by atoms with E-state index in [1.54, 1.807) is 7.11 Å². The van der Waals surface area contributed by atoms with Crippen LogP contribution in [0.3, 0.4) is 0 Å². The number of rotatable bonds is 5. The molecule has 0 heterocycles. The summed E-state index contributed by atoms with van der Waals surface area (Å²) in [6, 6.07) is 0. The van der Waals surface area contributed by atoms with Crippen LogP contribution in [0, 0.1) is 11.8 Å². The van der Waals surface area contributed by atoms with E-state index in [4.69, 9.17) is 10.5 Å². The molecule has 3 heteroatoms. The van der Waals surface area contributed by atoms with Crippen LogP contribution in [0.25, 0.3) is 0 Å². The molecular formula is C13H28N2O. The van der Waals surface area contributed by atoms with Gasteiger partial charge in [-0.15, -0.1) is 0 Å². The van der Waals surface area contributed by atoms with Crippen LogP contribution in [0.4, 0.5) is 0 Å². The van der Waals surface area contributed by atoms with Gasteiger partial charge in [0.15, 0.2) is 0 Å². The second-order valence-electron chi connectivity index (χ2n) is 5.38. The van der Waals surface area contributed by atoms with E-state index < -0.39 is 0 Å². The highest BCUT2D eigenvalue weighted by atomic mass is 16.5. The van der Waals surface area contributed by atoms with Gasteiger partial charge < -0.3 is 10.5 Å². The van der Waals surface area contributed by atoms with Gasteiger partial charge >= 0.3 is 0 Å². The van der Waals surface area contributed by atoms with Crippen LogP contribution >= 0.6 is 0 Å². The molecule has 0 aromatic rings. The van der Waals surface area contributed by atoms with Crippen molar-refractivity contribution in [3.8, 4) is 0 Å². The molecule has 1 rings (SSSR count). The molecule has 0 saturated heterocycles. The first-order valence-corrected chi connectivity index (χ1v) is 6.48. The van der Waals surface area contributed by atoms with Crippen LogP contribution in [0.5, 0.6) is 0 Å². The van der Waals surface area contributed by atoms with Crippen LogP contribution in [0.15, 0.2) is 0 Å². The fourth-order valence-electron chi connectivity index (χ4n) is 3.17. The lowest BCUT2D eigenvalue weighted by Gasteiger charge is -2.51. The number of hydrogen-bond acceptors (Lipinski definition) is 3. The smallest absolute Gasteiger partial charge is 0.0589 e. The zero-order chi connectivity index (χ0) is 12.2. The van der Waals surface area contributed by atoms with E-state index in [1.807, 2.05) is 0 Å². The van der Waals surface area contributed by atoms with Crippen molar-refractivity contribution in [3.63, 3.8) is 0 Å². The average Bonchev–Trinajstić information content (AvgIpc) is 2.30. The van der Waals surface area contributed by atoms with Crippen molar-refractivity contribution >= 4 is 0 Å². The third-order valence-electron chi connectivity index (χ3n) is 4.71. The van der Waals surface area contributed by atoms with Gasteiger partial charge in [0.2, 0.25) is 0 Å². The summed E-state index contributed by atoms with van der Waals surface area (Å²) in [6.07, 6.45) is 3.89. The molecule has 1 aliphatic rings. The Balaban J connectivity index is 2.73. The van der Waals surface area contributed by atoms with Gasteiger partial charge in [-0.3, -0.25) is 4.90 Å². The predicted octanol–water partition coefficient (Wildman–Crippen LogP) is 1.72. The molecule has 0 aromatic carbocycles.